The average molecular weight is 232 g/mol. The van der Waals surface area contributed by atoms with Gasteiger partial charge >= 0.3 is 0 Å². The fourth-order valence-corrected chi connectivity index (χ4v) is 2.52. The van der Waals surface area contributed by atoms with Gasteiger partial charge in [-0.1, -0.05) is 39.0 Å². The molecular formula is C15H24N2. The third-order valence-corrected chi connectivity index (χ3v) is 3.59. The lowest BCUT2D eigenvalue weighted by molar-refractivity contribution is 0.496. The van der Waals surface area contributed by atoms with Crippen molar-refractivity contribution >= 4 is 5.69 Å². The average Bonchev–Trinajstić information content (AvgIpc) is 2.29. The van der Waals surface area contributed by atoms with Crippen LogP contribution in [0.15, 0.2) is 24.3 Å². The van der Waals surface area contributed by atoms with Crippen LogP contribution in [0.25, 0.3) is 0 Å². The van der Waals surface area contributed by atoms with E-state index in [9.17, 15) is 0 Å². The van der Waals surface area contributed by atoms with E-state index in [1.165, 1.54) is 11.3 Å². The molecule has 1 fully saturated rings. The second-order valence-corrected chi connectivity index (χ2v) is 6.09. The monoisotopic (exact) mass is 232 g/mol. The second-order valence-electron chi connectivity index (χ2n) is 6.09. The third-order valence-electron chi connectivity index (χ3n) is 3.59. The van der Waals surface area contributed by atoms with Gasteiger partial charge in [-0.2, -0.15) is 0 Å². The Labute approximate surface area is 105 Å². The molecule has 0 amide bonds. The number of hydrogen-bond donors (Lipinski definition) is 1. The van der Waals surface area contributed by atoms with E-state index < -0.39 is 0 Å². The molecule has 0 radical (unpaired) electrons. The number of nitrogens with two attached hydrogens (primary N) is 1. The highest BCUT2D eigenvalue weighted by molar-refractivity contribution is 5.56. The highest BCUT2D eigenvalue weighted by atomic mass is 15.1. The van der Waals surface area contributed by atoms with Gasteiger partial charge in [0.15, 0.2) is 0 Å². The molecule has 0 aromatic heterocycles. The molecule has 1 saturated heterocycles. The van der Waals surface area contributed by atoms with Crippen molar-refractivity contribution in [3.8, 4) is 0 Å². The van der Waals surface area contributed by atoms with Crippen molar-refractivity contribution in [1.82, 2.24) is 0 Å². The van der Waals surface area contributed by atoms with Crippen LogP contribution in [0.2, 0.25) is 0 Å². The molecule has 2 nitrogen and oxygen atoms in total. The minimum atomic E-state index is 0.205. The summed E-state index contributed by atoms with van der Waals surface area (Å²) in [6.45, 7) is 9.02. The molecule has 0 bridgehead atoms. The van der Waals surface area contributed by atoms with Gasteiger partial charge in [0.25, 0.3) is 0 Å². The smallest absolute Gasteiger partial charge is 0.0404 e. The van der Waals surface area contributed by atoms with E-state index in [1.54, 1.807) is 0 Å². The second kappa shape index (κ2) is 4.69. The van der Waals surface area contributed by atoms with Crippen LogP contribution >= 0.6 is 0 Å². The van der Waals surface area contributed by atoms with E-state index in [4.69, 9.17) is 5.73 Å². The number of rotatable bonds is 1. The lowest BCUT2D eigenvalue weighted by Gasteiger charge is -2.35. The number of benzene rings is 1. The van der Waals surface area contributed by atoms with Crippen LogP contribution in [-0.4, -0.2) is 19.1 Å². The largest absolute Gasteiger partial charge is 0.371 e. The first kappa shape index (κ1) is 12.4. The number of nitrogens with zero attached hydrogens (tertiary/aromatic N) is 1. The van der Waals surface area contributed by atoms with Crippen molar-refractivity contribution in [3.05, 3.63) is 29.8 Å². The maximum Gasteiger partial charge on any atom is 0.0404 e. The molecule has 1 aromatic carbocycles. The Balaban J connectivity index is 2.26. The van der Waals surface area contributed by atoms with E-state index >= 15 is 0 Å². The molecule has 2 N–H and O–H groups in total. The predicted molar refractivity (Wildman–Crippen MR) is 74.6 cm³/mol. The Bertz CT molecular complexity index is 371. The van der Waals surface area contributed by atoms with E-state index in [0.717, 1.165) is 25.9 Å². The van der Waals surface area contributed by atoms with Crippen LogP contribution in [0.3, 0.4) is 0 Å². The molecule has 0 unspecified atom stereocenters. The first-order valence-corrected chi connectivity index (χ1v) is 6.58. The van der Waals surface area contributed by atoms with E-state index in [2.05, 4.69) is 49.9 Å². The zero-order chi connectivity index (χ0) is 12.5. The Morgan fingerprint density at radius 2 is 1.71 bits per heavy atom. The summed E-state index contributed by atoms with van der Waals surface area (Å²) in [5.74, 6) is 0. The zero-order valence-corrected chi connectivity index (χ0v) is 11.2. The van der Waals surface area contributed by atoms with Crippen molar-refractivity contribution < 1.29 is 0 Å². The van der Waals surface area contributed by atoms with Crippen molar-refractivity contribution in [2.24, 2.45) is 5.73 Å². The normalized spacial score (nSPS) is 18.5. The van der Waals surface area contributed by atoms with Gasteiger partial charge in [0, 0.05) is 24.8 Å². The Kier molecular flexibility index (Phi) is 3.43. The Hall–Kier alpha value is -1.02. The van der Waals surface area contributed by atoms with Gasteiger partial charge in [-0.3, -0.25) is 0 Å². The molecule has 17 heavy (non-hydrogen) atoms. The fourth-order valence-electron chi connectivity index (χ4n) is 2.52. The molecule has 0 saturated carbocycles. The summed E-state index contributed by atoms with van der Waals surface area (Å²) in [6.07, 6.45) is 2.22. The maximum atomic E-state index is 5.97. The minimum absolute atomic E-state index is 0.205. The summed E-state index contributed by atoms with van der Waals surface area (Å²) in [6, 6.07) is 9.17. The number of hydrogen-bond acceptors (Lipinski definition) is 2. The first-order chi connectivity index (χ1) is 7.98. The molecule has 1 heterocycles. The molecule has 2 heteroatoms. The molecule has 2 rings (SSSR count). The number of piperidine rings is 1. The van der Waals surface area contributed by atoms with Gasteiger partial charge in [0.2, 0.25) is 0 Å². The molecule has 0 atom stereocenters. The summed E-state index contributed by atoms with van der Waals surface area (Å²) in [5.41, 5.74) is 9.01. The number of para-hydroxylation sites is 1. The summed E-state index contributed by atoms with van der Waals surface area (Å²) in [5, 5.41) is 0. The van der Waals surface area contributed by atoms with Crippen LogP contribution < -0.4 is 10.6 Å². The van der Waals surface area contributed by atoms with E-state index in [-0.39, 0.29) is 5.41 Å². The van der Waals surface area contributed by atoms with E-state index in [1.807, 2.05) is 0 Å². The van der Waals surface area contributed by atoms with Crippen LogP contribution in [-0.2, 0) is 5.41 Å². The van der Waals surface area contributed by atoms with Crippen LogP contribution in [0.1, 0.15) is 39.2 Å². The van der Waals surface area contributed by atoms with Gasteiger partial charge < -0.3 is 10.6 Å². The van der Waals surface area contributed by atoms with Gasteiger partial charge in [-0.25, -0.2) is 0 Å². The zero-order valence-electron chi connectivity index (χ0n) is 11.2. The Morgan fingerprint density at radius 3 is 2.29 bits per heavy atom. The quantitative estimate of drug-likeness (QED) is 0.806. The summed E-state index contributed by atoms with van der Waals surface area (Å²) in [7, 11) is 0. The van der Waals surface area contributed by atoms with Crippen molar-refractivity contribution in [2.75, 3.05) is 18.0 Å². The minimum Gasteiger partial charge on any atom is -0.371 e. The molecular weight excluding hydrogens is 208 g/mol. The highest BCUT2D eigenvalue weighted by Crippen LogP contribution is 2.32. The van der Waals surface area contributed by atoms with Gasteiger partial charge in [-0.15, -0.1) is 0 Å². The van der Waals surface area contributed by atoms with Crippen molar-refractivity contribution in [1.29, 1.82) is 0 Å². The third kappa shape index (κ3) is 2.81. The van der Waals surface area contributed by atoms with Crippen molar-refractivity contribution in [2.45, 2.75) is 45.1 Å². The lowest BCUT2D eigenvalue weighted by Crippen LogP contribution is -2.40. The molecule has 1 aliphatic heterocycles. The standard InChI is InChI=1S/C15H24N2/c1-15(2,3)13-6-4-5-7-14(13)17-10-8-12(16)9-11-17/h4-7,12H,8-11,16H2,1-3H3. The van der Waals surface area contributed by atoms with Crippen molar-refractivity contribution in [3.63, 3.8) is 0 Å². The topological polar surface area (TPSA) is 29.3 Å². The lowest BCUT2D eigenvalue weighted by atomic mass is 9.85. The van der Waals surface area contributed by atoms with Crippen LogP contribution in [0, 0.1) is 0 Å². The van der Waals surface area contributed by atoms with E-state index in [0.29, 0.717) is 6.04 Å². The Morgan fingerprint density at radius 1 is 1.12 bits per heavy atom. The summed E-state index contributed by atoms with van der Waals surface area (Å²) >= 11 is 0. The predicted octanol–water partition coefficient (Wildman–Crippen LogP) is 2.91. The summed E-state index contributed by atoms with van der Waals surface area (Å²) in [4.78, 5) is 2.49. The number of anilines is 1. The molecule has 94 valence electrons. The van der Waals surface area contributed by atoms with Gasteiger partial charge in [0.1, 0.15) is 0 Å². The van der Waals surface area contributed by atoms with Gasteiger partial charge in [-0.05, 0) is 29.9 Å². The maximum absolute atomic E-state index is 5.97. The molecule has 0 aliphatic carbocycles. The summed E-state index contributed by atoms with van der Waals surface area (Å²) < 4.78 is 0. The van der Waals surface area contributed by atoms with Crippen LogP contribution in [0.5, 0.6) is 0 Å². The van der Waals surface area contributed by atoms with Crippen LogP contribution in [0.4, 0.5) is 5.69 Å². The van der Waals surface area contributed by atoms with Gasteiger partial charge in [0.05, 0.1) is 0 Å². The first-order valence-electron chi connectivity index (χ1n) is 6.58. The molecule has 1 aliphatic rings. The molecule has 0 spiro atoms. The fraction of sp³-hybridized carbons (Fsp3) is 0.600. The highest BCUT2D eigenvalue weighted by Gasteiger charge is 2.23. The molecule has 1 aromatic rings. The SMILES string of the molecule is CC(C)(C)c1ccccc1N1CCC(N)CC1.